The van der Waals surface area contributed by atoms with Crippen LogP contribution in [0, 0.1) is 0 Å². The molecule has 1 aromatic rings. The average Bonchev–Trinajstić information content (AvgIpc) is 2.35. The molecular formula is C11H12O6. The standard InChI is InChI=1S/C11H12O6/c1-15-8-4-6(10(12)13)7(11(14)17-3)5-9(8)16-2/h4-5H,1-3H3,(H,12,13). The van der Waals surface area contributed by atoms with E-state index in [1.807, 2.05) is 0 Å². The van der Waals surface area contributed by atoms with Crippen LogP contribution in [-0.4, -0.2) is 38.4 Å². The summed E-state index contributed by atoms with van der Waals surface area (Å²) < 4.78 is 14.4. The van der Waals surface area contributed by atoms with Crippen LogP contribution in [0.4, 0.5) is 0 Å². The van der Waals surface area contributed by atoms with Crippen LogP contribution in [0.3, 0.4) is 0 Å². The highest BCUT2D eigenvalue weighted by molar-refractivity contribution is 6.03. The topological polar surface area (TPSA) is 82.1 Å². The fraction of sp³-hybridized carbons (Fsp3) is 0.273. The first-order valence-corrected chi connectivity index (χ1v) is 4.62. The molecule has 6 nitrogen and oxygen atoms in total. The Morgan fingerprint density at radius 2 is 1.47 bits per heavy atom. The second-order valence-corrected chi connectivity index (χ2v) is 3.05. The lowest BCUT2D eigenvalue weighted by Gasteiger charge is -2.11. The number of aromatic carboxylic acids is 1. The molecule has 0 bridgehead atoms. The summed E-state index contributed by atoms with van der Waals surface area (Å²) in [7, 11) is 3.94. The van der Waals surface area contributed by atoms with Crippen molar-refractivity contribution in [2.75, 3.05) is 21.3 Å². The van der Waals surface area contributed by atoms with Crippen molar-refractivity contribution in [3.8, 4) is 11.5 Å². The number of carbonyl (C=O) groups excluding carboxylic acids is 1. The van der Waals surface area contributed by atoms with Gasteiger partial charge in [-0.15, -0.1) is 0 Å². The molecule has 0 aromatic heterocycles. The molecule has 0 fully saturated rings. The lowest BCUT2D eigenvalue weighted by Crippen LogP contribution is -2.11. The predicted molar refractivity (Wildman–Crippen MR) is 57.8 cm³/mol. The third-order valence-corrected chi connectivity index (χ3v) is 2.16. The van der Waals surface area contributed by atoms with Crippen LogP contribution in [0.2, 0.25) is 0 Å². The molecule has 0 saturated heterocycles. The zero-order valence-corrected chi connectivity index (χ0v) is 9.64. The molecule has 0 aliphatic rings. The van der Waals surface area contributed by atoms with Gasteiger partial charge in [0.05, 0.1) is 32.5 Å². The molecule has 6 heteroatoms. The molecule has 0 aliphatic heterocycles. The van der Waals surface area contributed by atoms with Crippen molar-refractivity contribution in [2.24, 2.45) is 0 Å². The second kappa shape index (κ2) is 5.20. The van der Waals surface area contributed by atoms with Crippen molar-refractivity contribution < 1.29 is 28.9 Å². The van der Waals surface area contributed by atoms with E-state index in [1.54, 1.807) is 0 Å². The summed E-state index contributed by atoms with van der Waals surface area (Å²) in [6.07, 6.45) is 0. The number of methoxy groups -OCH3 is 3. The third kappa shape index (κ3) is 2.47. The van der Waals surface area contributed by atoms with E-state index in [0.717, 1.165) is 0 Å². The first kappa shape index (κ1) is 12.8. The zero-order valence-electron chi connectivity index (χ0n) is 9.64. The molecule has 0 radical (unpaired) electrons. The van der Waals surface area contributed by atoms with Crippen LogP contribution < -0.4 is 9.47 Å². The van der Waals surface area contributed by atoms with Crippen LogP contribution in [0.15, 0.2) is 12.1 Å². The molecule has 0 unspecified atom stereocenters. The Hall–Kier alpha value is -2.24. The SMILES string of the molecule is COC(=O)c1cc(OC)c(OC)cc1C(=O)O. The van der Waals surface area contributed by atoms with Crippen LogP contribution in [0.25, 0.3) is 0 Å². The number of hydrogen-bond acceptors (Lipinski definition) is 5. The highest BCUT2D eigenvalue weighted by Crippen LogP contribution is 2.30. The smallest absolute Gasteiger partial charge is 0.338 e. The van der Waals surface area contributed by atoms with Crippen LogP contribution in [-0.2, 0) is 4.74 Å². The monoisotopic (exact) mass is 240 g/mol. The number of carboxylic acid groups (broad SMARTS) is 1. The minimum Gasteiger partial charge on any atom is -0.493 e. The number of carboxylic acids is 1. The Morgan fingerprint density at radius 1 is 1.00 bits per heavy atom. The van der Waals surface area contributed by atoms with Gasteiger partial charge in [0, 0.05) is 0 Å². The molecule has 17 heavy (non-hydrogen) atoms. The maximum atomic E-state index is 11.4. The first-order chi connectivity index (χ1) is 8.04. The van der Waals surface area contributed by atoms with E-state index in [2.05, 4.69) is 4.74 Å². The van der Waals surface area contributed by atoms with E-state index in [-0.39, 0.29) is 22.6 Å². The molecule has 0 saturated carbocycles. The average molecular weight is 240 g/mol. The highest BCUT2D eigenvalue weighted by Gasteiger charge is 2.21. The molecule has 0 heterocycles. The van der Waals surface area contributed by atoms with Gasteiger partial charge in [0.2, 0.25) is 0 Å². The summed E-state index contributed by atoms with van der Waals surface area (Å²) in [5, 5.41) is 8.99. The number of benzene rings is 1. The minimum absolute atomic E-state index is 0.0855. The number of carbonyl (C=O) groups is 2. The summed E-state index contributed by atoms with van der Waals surface area (Å²) in [6.45, 7) is 0. The number of rotatable bonds is 4. The van der Waals surface area contributed by atoms with Crippen LogP contribution >= 0.6 is 0 Å². The van der Waals surface area contributed by atoms with Gasteiger partial charge in [-0.3, -0.25) is 0 Å². The first-order valence-electron chi connectivity index (χ1n) is 4.62. The predicted octanol–water partition coefficient (Wildman–Crippen LogP) is 1.19. The third-order valence-electron chi connectivity index (χ3n) is 2.16. The molecular weight excluding hydrogens is 228 g/mol. The number of ether oxygens (including phenoxy) is 3. The Labute approximate surface area is 97.7 Å². The largest absolute Gasteiger partial charge is 0.493 e. The van der Waals surface area contributed by atoms with Crippen molar-refractivity contribution in [1.82, 2.24) is 0 Å². The second-order valence-electron chi connectivity index (χ2n) is 3.05. The van der Waals surface area contributed by atoms with Crippen molar-refractivity contribution in [1.29, 1.82) is 0 Å². The molecule has 0 spiro atoms. The van der Waals surface area contributed by atoms with E-state index in [9.17, 15) is 9.59 Å². The molecule has 1 N–H and O–H groups in total. The normalized spacial score (nSPS) is 9.59. The number of hydrogen-bond donors (Lipinski definition) is 1. The van der Waals surface area contributed by atoms with Gasteiger partial charge < -0.3 is 19.3 Å². The van der Waals surface area contributed by atoms with Crippen molar-refractivity contribution >= 4 is 11.9 Å². The van der Waals surface area contributed by atoms with Crippen molar-refractivity contribution in [3.05, 3.63) is 23.3 Å². The molecule has 1 rings (SSSR count). The maximum Gasteiger partial charge on any atom is 0.338 e. The lowest BCUT2D eigenvalue weighted by molar-refractivity contribution is 0.0582. The molecule has 0 atom stereocenters. The van der Waals surface area contributed by atoms with E-state index in [4.69, 9.17) is 14.6 Å². The van der Waals surface area contributed by atoms with E-state index < -0.39 is 11.9 Å². The summed E-state index contributed by atoms with van der Waals surface area (Å²) in [5.74, 6) is -1.50. The quantitative estimate of drug-likeness (QED) is 0.796. The van der Waals surface area contributed by atoms with E-state index in [1.165, 1.54) is 33.5 Å². The van der Waals surface area contributed by atoms with Gasteiger partial charge in [0.25, 0.3) is 0 Å². The van der Waals surface area contributed by atoms with Gasteiger partial charge in [0.1, 0.15) is 0 Å². The minimum atomic E-state index is -1.24. The fourth-order valence-electron chi connectivity index (χ4n) is 1.33. The Morgan fingerprint density at radius 3 is 1.82 bits per heavy atom. The molecule has 1 aromatic carbocycles. The van der Waals surface area contributed by atoms with E-state index in [0.29, 0.717) is 0 Å². The van der Waals surface area contributed by atoms with Crippen molar-refractivity contribution in [3.63, 3.8) is 0 Å². The summed E-state index contributed by atoms with van der Waals surface area (Å²) in [6, 6.07) is 2.49. The lowest BCUT2D eigenvalue weighted by atomic mass is 10.1. The highest BCUT2D eigenvalue weighted by atomic mass is 16.5. The zero-order chi connectivity index (χ0) is 13.0. The van der Waals surface area contributed by atoms with Crippen molar-refractivity contribution in [2.45, 2.75) is 0 Å². The van der Waals surface area contributed by atoms with Gasteiger partial charge in [-0.05, 0) is 12.1 Å². The molecule has 0 amide bonds. The Balaban J connectivity index is 3.45. The number of esters is 1. The fourth-order valence-corrected chi connectivity index (χ4v) is 1.33. The molecule has 0 aliphatic carbocycles. The summed E-state index contributed by atoms with van der Waals surface area (Å²) >= 11 is 0. The molecule has 92 valence electrons. The summed E-state index contributed by atoms with van der Waals surface area (Å²) in [4.78, 5) is 22.4. The summed E-state index contributed by atoms with van der Waals surface area (Å²) in [5.41, 5.74) is -0.285. The van der Waals surface area contributed by atoms with Gasteiger partial charge in [-0.2, -0.15) is 0 Å². The van der Waals surface area contributed by atoms with Gasteiger partial charge in [-0.1, -0.05) is 0 Å². The Kier molecular flexibility index (Phi) is 3.92. The van der Waals surface area contributed by atoms with Crippen LogP contribution in [0.5, 0.6) is 11.5 Å². The van der Waals surface area contributed by atoms with Gasteiger partial charge in [-0.25, -0.2) is 9.59 Å². The maximum absolute atomic E-state index is 11.4. The van der Waals surface area contributed by atoms with Crippen LogP contribution in [0.1, 0.15) is 20.7 Å². The van der Waals surface area contributed by atoms with Gasteiger partial charge in [0.15, 0.2) is 11.5 Å². The van der Waals surface area contributed by atoms with Gasteiger partial charge >= 0.3 is 11.9 Å². The van der Waals surface area contributed by atoms with E-state index >= 15 is 0 Å². The Bertz CT molecular complexity index is 452.